The lowest BCUT2D eigenvalue weighted by molar-refractivity contribution is -0.111. The Hall–Kier alpha value is -3.32. The molecule has 3 aromatic rings. The van der Waals surface area contributed by atoms with Crippen molar-refractivity contribution in [1.29, 1.82) is 0 Å². The molecule has 0 aliphatic heterocycles. The highest BCUT2D eigenvalue weighted by Gasteiger charge is 2.31. The van der Waals surface area contributed by atoms with Crippen LogP contribution in [0.1, 0.15) is 54.5 Å². The first-order valence-electron chi connectivity index (χ1n) is 12.2. The zero-order valence-corrected chi connectivity index (χ0v) is 22.5. The van der Waals surface area contributed by atoms with E-state index >= 15 is 0 Å². The lowest BCUT2D eigenvalue weighted by Gasteiger charge is -2.19. The van der Waals surface area contributed by atoms with Crippen molar-refractivity contribution in [2.75, 3.05) is 5.32 Å². The normalized spacial score (nSPS) is 12.7. The van der Waals surface area contributed by atoms with Crippen LogP contribution in [0.2, 0.25) is 0 Å². The molecule has 0 bridgehead atoms. The second kappa shape index (κ2) is 12.8. The average Bonchev–Trinajstić information content (AvgIpc) is 2.87. The van der Waals surface area contributed by atoms with Gasteiger partial charge in [0.2, 0.25) is 0 Å². The zero-order valence-electron chi connectivity index (χ0n) is 21.6. The van der Waals surface area contributed by atoms with Crippen LogP contribution in [0.3, 0.4) is 0 Å². The molecular formula is C28H34NO7P. The van der Waals surface area contributed by atoms with E-state index < -0.39 is 19.3 Å². The van der Waals surface area contributed by atoms with Gasteiger partial charge in [-0.1, -0.05) is 54.9 Å². The number of nitrogens with one attached hydrogen (secondary N) is 1. The molecule has 0 aromatic heterocycles. The molecule has 198 valence electrons. The minimum Gasteiger partial charge on any atom is -0.506 e. The molecule has 1 unspecified atom stereocenters. The van der Waals surface area contributed by atoms with Gasteiger partial charge in [0.1, 0.15) is 12.4 Å². The molecule has 0 saturated carbocycles. The Kier molecular flexibility index (Phi) is 9.75. The van der Waals surface area contributed by atoms with Crippen LogP contribution in [0.5, 0.6) is 11.5 Å². The standard InChI is InChI=1S/C28H34NO7P/c1-5-24(6-2)37(32,33)36-35-23-14-19(3)25(20(4)15-23)16-22-12-13-27(30)26(17-22)29-28(31)34-18-21-10-8-7-9-11-21/h7-15,17,24,30H,5-6,16,18H2,1-4H3,(H,29,31)(H,32,33). The van der Waals surface area contributed by atoms with Gasteiger partial charge in [0, 0.05) is 0 Å². The third kappa shape index (κ3) is 7.83. The van der Waals surface area contributed by atoms with E-state index in [0.29, 0.717) is 25.0 Å². The van der Waals surface area contributed by atoms with Crippen LogP contribution in [0, 0.1) is 13.8 Å². The number of aryl methyl sites for hydroxylation is 2. The largest absolute Gasteiger partial charge is 0.506 e. The molecule has 0 heterocycles. The molecule has 3 rings (SSSR count). The van der Waals surface area contributed by atoms with Gasteiger partial charge < -0.3 is 19.6 Å². The van der Waals surface area contributed by atoms with Crippen LogP contribution in [0.15, 0.2) is 60.7 Å². The Labute approximate surface area is 217 Å². The van der Waals surface area contributed by atoms with Crippen molar-refractivity contribution in [3.8, 4) is 11.5 Å². The van der Waals surface area contributed by atoms with Crippen molar-refractivity contribution >= 4 is 19.4 Å². The van der Waals surface area contributed by atoms with E-state index in [9.17, 15) is 19.4 Å². The molecule has 3 N–H and O–H groups in total. The summed E-state index contributed by atoms with van der Waals surface area (Å²) in [5.41, 5.74) is 4.30. The topological polar surface area (TPSA) is 114 Å². The molecule has 0 aliphatic rings. The van der Waals surface area contributed by atoms with Gasteiger partial charge in [-0.05, 0) is 85.2 Å². The Bertz CT molecular complexity index is 1240. The number of phenolic OH excluding ortho intramolecular Hbond substituents is 1. The Morgan fingerprint density at radius 2 is 1.62 bits per heavy atom. The third-order valence-corrected chi connectivity index (χ3v) is 8.15. The number of ether oxygens (including phenoxy) is 1. The van der Waals surface area contributed by atoms with E-state index in [1.807, 2.05) is 58.0 Å². The van der Waals surface area contributed by atoms with E-state index in [2.05, 4.69) is 5.32 Å². The molecule has 0 spiro atoms. The maximum absolute atomic E-state index is 12.4. The summed E-state index contributed by atoms with van der Waals surface area (Å²) < 4.78 is 22.6. The second-order valence-electron chi connectivity index (χ2n) is 8.94. The predicted molar refractivity (Wildman–Crippen MR) is 143 cm³/mol. The summed E-state index contributed by atoms with van der Waals surface area (Å²) in [6.45, 7) is 7.61. The Morgan fingerprint density at radius 1 is 0.973 bits per heavy atom. The van der Waals surface area contributed by atoms with Gasteiger partial charge in [-0.15, -0.1) is 0 Å². The summed E-state index contributed by atoms with van der Waals surface area (Å²) >= 11 is 0. The molecule has 0 aliphatic carbocycles. The monoisotopic (exact) mass is 527 g/mol. The van der Waals surface area contributed by atoms with Gasteiger partial charge in [-0.3, -0.25) is 9.88 Å². The molecule has 0 saturated heterocycles. The van der Waals surface area contributed by atoms with Crippen LogP contribution in [-0.4, -0.2) is 21.8 Å². The fourth-order valence-corrected chi connectivity index (χ4v) is 5.29. The number of amides is 1. The highest BCUT2D eigenvalue weighted by molar-refractivity contribution is 7.53. The summed E-state index contributed by atoms with van der Waals surface area (Å²) in [5, 5.41) is 12.8. The van der Waals surface area contributed by atoms with E-state index in [1.54, 1.807) is 24.3 Å². The number of hydrogen-bond donors (Lipinski definition) is 3. The molecule has 3 aromatic carbocycles. The number of carbonyl (C=O) groups is 1. The van der Waals surface area contributed by atoms with Crippen molar-refractivity contribution in [3.05, 3.63) is 88.5 Å². The summed E-state index contributed by atoms with van der Waals surface area (Å²) in [5.74, 6) is 0.272. The van der Waals surface area contributed by atoms with Gasteiger partial charge in [-0.2, -0.15) is 0 Å². The molecule has 0 fully saturated rings. The lowest BCUT2D eigenvalue weighted by atomic mass is 9.95. The van der Waals surface area contributed by atoms with Crippen LogP contribution in [0.4, 0.5) is 10.5 Å². The Morgan fingerprint density at radius 3 is 2.24 bits per heavy atom. The summed E-state index contributed by atoms with van der Waals surface area (Å²) in [4.78, 5) is 27.7. The van der Waals surface area contributed by atoms with Gasteiger partial charge in [-0.25, -0.2) is 4.79 Å². The number of rotatable bonds is 11. The summed E-state index contributed by atoms with van der Waals surface area (Å²) in [6.07, 6.45) is 0.885. The van der Waals surface area contributed by atoms with E-state index in [0.717, 1.165) is 27.8 Å². The van der Waals surface area contributed by atoms with Crippen LogP contribution < -0.4 is 10.2 Å². The molecule has 37 heavy (non-hydrogen) atoms. The fourth-order valence-electron chi connectivity index (χ4n) is 4.05. The van der Waals surface area contributed by atoms with Gasteiger partial charge >= 0.3 is 13.7 Å². The lowest BCUT2D eigenvalue weighted by Crippen LogP contribution is -2.14. The van der Waals surface area contributed by atoms with E-state index in [-0.39, 0.29) is 18.0 Å². The number of carbonyl (C=O) groups excluding carboxylic acids is 1. The SMILES string of the molecule is CCC(CC)P(=O)(O)OOc1cc(C)c(Cc2ccc(O)c(NC(=O)OCc3ccccc3)c2)c(C)c1. The smallest absolute Gasteiger partial charge is 0.412 e. The molecule has 9 heteroatoms. The van der Waals surface area contributed by atoms with Crippen molar-refractivity contribution < 1.29 is 33.7 Å². The van der Waals surface area contributed by atoms with Gasteiger partial charge in [0.05, 0.1) is 11.3 Å². The van der Waals surface area contributed by atoms with Crippen LogP contribution >= 0.6 is 7.60 Å². The molecular weight excluding hydrogens is 493 g/mol. The number of aromatic hydroxyl groups is 1. The van der Waals surface area contributed by atoms with Crippen molar-refractivity contribution in [2.45, 2.75) is 59.2 Å². The second-order valence-corrected chi connectivity index (χ2v) is 11.0. The van der Waals surface area contributed by atoms with Crippen molar-refractivity contribution in [2.24, 2.45) is 0 Å². The fraction of sp³-hybridized carbons (Fsp3) is 0.321. The first-order chi connectivity index (χ1) is 17.6. The quantitative estimate of drug-likeness (QED) is 0.106. The predicted octanol–water partition coefficient (Wildman–Crippen LogP) is 7.03. The molecule has 0 radical (unpaired) electrons. The van der Waals surface area contributed by atoms with Crippen molar-refractivity contribution in [1.82, 2.24) is 0 Å². The van der Waals surface area contributed by atoms with Gasteiger partial charge in [0.15, 0.2) is 5.75 Å². The maximum atomic E-state index is 12.4. The Balaban J connectivity index is 1.67. The van der Waals surface area contributed by atoms with E-state index in [4.69, 9.17) is 14.3 Å². The first-order valence-corrected chi connectivity index (χ1v) is 13.9. The minimum absolute atomic E-state index is 0.0688. The summed E-state index contributed by atoms with van der Waals surface area (Å²) in [7, 11) is -3.90. The highest BCUT2D eigenvalue weighted by Crippen LogP contribution is 2.50. The van der Waals surface area contributed by atoms with Crippen molar-refractivity contribution in [3.63, 3.8) is 0 Å². The van der Waals surface area contributed by atoms with Crippen LogP contribution in [0.25, 0.3) is 0 Å². The molecule has 1 atom stereocenters. The highest BCUT2D eigenvalue weighted by atomic mass is 31.2. The number of hydrogen-bond acceptors (Lipinski definition) is 6. The summed E-state index contributed by atoms with van der Waals surface area (Å²) in [6, 6.07) is 17.8. The van der Waals surface area contributed by atoms with Crippen LogP contribution in [-0.2, 0) is 27.0 Å². The number of phenols is 1. The maximum Gasteiger partial charge on any atom is 0.412 e. The average molecular weight is 528 g/mol. The third-order valence-electron chi connectivity index (χ3n) is 6.21. The van der Waals surface area contributed by atoms with E-state index in [1.165, 1.54) is 6.07 Å². The minimum atomic E-state index is -3.90. The molecule has 8 nitrogen and oxygen atoms in total. The zero-order chi connectivity index (χ0) is 27.0. The molecule has 1 amide bonds. The van der Waals surface area contributed by atoms with Gasteiger partial charge in [0.25, 0.3) is 0 Å². The number of anilines is 1. The number of benzene rings is 3. The first kappa shape index (κ1) is 28.3.